The van der Waals surface area contributed by atoms with E-state index in [1.807, 2.05) is 6.07 Å². The van der Waals surface area contributed by atoms with Gasteiger partial charge in [-0.15, -0.1) is 11.3 Å². The predicted molar refractivity (Wildman–Crippen MR) is 87.6 cm³/mol. The zero-order valence-corrected chi connectivity index (χ0v) is 14.4. The van der Waals surface area contributed by atoms with Gasteiger partial charge in [-0.1, -0.05) is 6.92 Å². The van der Waals surface area contributed by atoms with Crippen molar-refractivity contribution >= 4 is 40.2 Å². The number of nitriles is 1. The number of nitrogens with zero attached hydrogens (tertiary/aromatic N) is 2. The van der Waals surface area contributed by atoms with Crippen molar-refractivity contribution in [1.82, 2.24) is 10.2 Å². The van der Waals surface area contributed by atoms with Crippen molar-refractivity contribution in [1.29, 1.82) is 5.26 Å². The van der Waals surface area contributed by atoms with E-state index in [0.29, 0.717) is 17.0 Å². The molecule has 1 aliphatic rings. The molecule has 1 saturated heterocycles. The highest BCUT2D eigenvalue weighted by molar-refractivity contribution is 7.14. The van der Waals surface area contributed by atoms with Crippen LogP contribution in [0.5, 0.6) is 0 Å². The molecule has 9 nitrogen and oxygen atoms in total. The van der Waals surface area contributed by atoms with E-state index in [2.05, 4.69) is 10.6 Å². The first kappa shape index (κ1) is 18.4. The van der Waals surface area contributed by atoms with Crippen molar-refractivity contribution in [2.45, 2.75) is 25.8 Å². The van der Waals surface area contributed by atoms with Gasteiger partial charge >= 0.3 is 12.0 Å². The Morgan fingerprint density at radius 2 is 2.20 bits per heavy atom. The number of thiophene rings is 1. The Hall–Kier alpha value is -2.93. The standard InChI is InChI=1S/C15H16N4O5S/c1-3-15(2)13(22)19(14(23)18-15)7-11(21)24-8-10(20)17-12-9(6-16)4-5-25-12/h4-5H,3,7-8H2,1-2H3,(H,17,20)(H,18,23)/t15-/m0/s1. The Morgan fingerprint density at radius 3 is 2.80 bits per heavy atom. The van der Waals surface area contributed by atoms with Crippen LogP contribution in [0.15, 0.2) is 11.4 Å². The normalized spacial score (nSPS) is 19.3. The molecule has 0 saturated carbocycles. The quantitative estimate of drug-likeness (QED) is 0.568. The van der Waals surface area contributed by atoms with Gasteiger partial charge in [-0.2, -0.15) is 5.26 Å². The van der Waals surface area contributed by atoms with Crippen LogP contribution >= 0.6 is 11.3 Å². The van der Waals surface area contributed by atoms with E-state index in [1.54, 1.807) is 25.3 Å². The van der Waals surface area contributed by atoms with E-state index in [4.69, 9.17) is 10.00 Å². The second-order valence-corrected chi connectivity index (χ2v) is 6.41. The molecular formula is C15H16N4O5S. The molecule has 0 bridgehead atoms. The minimum absolute atomic E-state index is 0.308. The molecule has 10 heteroatoms. The lowest BCUT2D eigenvalue weighted by Gasteiger charge is -2.18. The summed E-state index contributed by atoms with van der Waals surface area (Å²) in [4.78, 5) is 48.2. The molecule has 25 heavy (non-hydrogen) atoms. The molecule has 1 aromatic heterocycles. The molecule has 0 radical (unpaired) electrons. The maximum atomic E-state index is 12.2. The maximum Gasteiger partial charge on any atom is 0.326 e. The minimum atomic E-state index is -1.04. The van der Waals surface area contributed by atoms with Gasteiger partial charge in [0, 0.05) is 0 Å². The van der Waals surface area contributed by atoms with Gasteiger partial charge in [0.2, 0.25) is 0 Å². The first-order valence-corrected chi connectivity index (χ1v) is 8.26. The number of hydrogen-bond acceptors (Lipinski definition) is 7. The van der Waals surface area contributed by atoms with E-state index < -0.39 is 42.5 Å². The number of rotatable bonds is 6. The first-order valence-electron chi connectivity index (χ1n) is 7.38. The van der Waals surface area contributed by atoms with Crippen molar-refractivity contribution in [2.75, 3.05) is 18.5 Å². The lowest BCUT2D eigenvalue weighted by atomic mass is 9.99. The molecule has 2 heterocycles. The Morgan fingerprint density at radius 1 is 1.48 bits per heavy atom. The molecule has 0 aliphatic carbocycles. The van der Waals surface area contributed by atoms with Gasteiger partial charge in [0.25, 0.3) is 11.8 Å². The summed E-state index contributed by atoms with van der Waals surface area (Å²) in [5.41, 5.74) is -0.732. The molecule has 2 N–H and O–H groups in total. The molecule has 1 fully saturated rings. The smallest absolute Gasteiger partial charge is 0.326 e. The highest BCUT2D eigenvalue weighted by atomic mass is 32.1. The summed E-state index contributed by atoms with van der Waals surface area (Å²) >= 11 is 1.16. The third-order valence-corrected chi connectivity index (χ3v) is 4.57. The topological polar surface area (TPSA) is 129 Å². The number of imide groups is 1. The first-order chi connectivity index (χ1) is 11.8. The Balaban J connectivity index is 1.85. The summed E-state index contributed by atoms with van der Waals surface area (Å²) in [6.07, 6.45) is 0.383. The van der Waals surface area contributed by atoms with Gasteiger partial charge in [-0.3, -0.25) is 19.3 Å². The average Bonchev–Trinajstić information content (AvgIpc) is 3.11. The lowest BCUT2D eigenvalue weighted by molar-refractivity contribution is -0.150. The monoisotopic (exact) mass is 364 g/mol. The summed E-state index contributed by atoms with van der Waals surface area (Å²) < 4.78 is 4.78. The number of urea groups is 1. The Bertz CT molecular complexity index is 768. The van der Waals surface area contributed by atoms with Gasteiger partial charge in [0.05, 0.1) is 5.56 Å². The third-order valence-electron chi connectivity index (χ3n) is 3.74. The van der Waals surface area contributed by atoms with Crippen LogP contribution in [0.1, 0.15) is 25.8 Å². The lowest BCUT2D eigenvalue weighted by Crippen LogP contribution is -2.43. The number of carbonyl (C=O) groups excluding carboxylic acids is 4. The van der Waals surface area contributed by atoms with Crippen LogP contribution in [0, 0.1) is 11.3 Å². The van der Waals surface area contributed by atoms with Gasteiger partial charge in [-0.25, -0.2) is 4.79 Å². The molecule has 0 unspecified atom stereocenters. The largest absolute Gasteiger partial charge is 0.454 e. The van der Waals surface area contributed by atoms with E-state index in [9.17, 15) is 19.2 Å². The molecule has 4 amide bonds. The number of nitrogens with one attached hydrogen (secondary N) is 2. The second kappa shape index (κ2) is 7.31. The zero-order chi connectivity index (χ0) is 18.6. The number of amides is 4. The second-order valence-electron chi connectivity index (χ2n) is 5.49. The van der Waals surface area contributed by atoms with Crippen molar-refractivity contribution < 1.29 is 23.9 Å². The van der Waals surface area contributed by atoms with Crippen LogP contribution in [0.4, 0.5) is 9.80 Å². The molecule has 1 aliphatic heterocycles. The molecule has 132 valence electrons. The van der Waals surface area contributed by atoms with Crippen LogP contribution in [-0.4, -0.2) is 47.4 Å². The summed E-state index contributed by atoms with van der Waals surface area (Å²) in [5, 5.41) is 15.8. The fraction of sp³-hybridized carbons (Fsp3) is 0.400. The SMILES string of the molecule is CC[C@]1(C)NC(=O)N(CC(=O)OCC(=O)Nc2sccc2C#N)C1=O. The highest BCUT2D eigenvalue weighted by Gasteiger charge is 2.47. The van der Waals surface area contributed by atoms with Crippen LogP contribution in [0.25, 0.3) is 0 Å². The molecule has 1 atom stereocenters. The summed E-state index contributed by atoms with van der Waals surface area (Å²) in [6, 6.07) is 2.79. The zero-order valence-electron chi connectivity index (χ0n) is 13.6. The van der Waals surface area contributed by atoms with Crippen LogP contribution in [-0.2, 0) is 19.1 Å². The summed E-state index contributed by atoms with van der Waals surface area (Å²) in [5.74, 6) is -2.02. The van der Waals surface area contributed by atoms with Gasteiger partial charge in [0.1, 0.15) is 23.2 Å². The molecule has 2 rings (SSSR count). The molecular weight excluding hydrogens is 348 g/mol. The van der Waals surface area contributed by atoms with Crippen molar-refractivity contribution in [3.8, 4) is 6.07 Å². The molecule has 0 aromatic carbocycles. The Labute approximate surface area is 147 Å². The van der Waals surface area contributed by atoms with E-state index in [0.717, 1.165) is 16.2 Å². The summed E-state index contributed by atoms with van der Waals surface area (Å²) in [6.45, 7) is 2.15. The van der Waals surface area contributed by atoms with E-state index in [1.165, 1.54) is 0 Å². The number of ether oxygens (including phenoxy) is 1. The number of esters is 1. The molecule has 1 aromatic rings. The fourth-order valence-corrected chi connectivity index (χ4v) is 2.86. The van der Waals surface area contributed by atoms with E-state index >= 15 is 0 Å². The Kier molecular flexibility index (Phi) is 5.38. The minimum Gasteiger partial charge on any atom is -0.454 e. The van der Waals surface area contributed by atoms with Crippen molar-refractivity contribution in [2.24, 2.45) is 0 Å². The molecule has 0 spiro atoms. The van der Waals surface area contributed by atoms with Crippen LogP contribution in [0.2, 0.25) is 0 Å². The van der Waals surface area contributed by atoms with Crippen molar-refractivity contribution in [3.63, 3.8) is 0 Å². The average molecular weight is 364 g/mol. The maximum absolute atomic E-state index is 12.2. The van der Waals surface area contributed by atoms with Crippen LogP contribution < -0.4 is 10.6 Å². The fourth-order valence-electron chi connectivity index (χ4n) is 2.11. The van der Waals surface area contributed by atoms with Gasteiger partial charge in [-0.05, 0) is 24.8 Å². The van der Waals surface area contributed by atoms with Crippen LogP contribution in [0.3, 0.4) is 0 Å². The number of anilines is 1. The number of hydrogen-bond donors (Lipinski definition) is 2. The predicted octanol–water partition coefficient (Wildman–Crippen LogP) is 0.822. The van der Waals surface area contributed by atoms with Gasteiger partial charge in [0.15, 0.2) is 6.61 Å². The number of carbonyl (C=O) groups is 4. The van der Waals surface area contributed by atoms with Gasteiger partial charge < -0.3 is 15.4 Å². The summed E-state index contributed by atoms with van der Waals surface area (Å²) in [7, 11) is 0. The highest BCUT2D eigenvalue weighted by Crippen LogP contribution is 2.22. The van der Waals surface area contributed by atoms with E-state index in [-0.39, 0.29) is 0 Å². The van der Waals surface area contributed by atoms with Crippen molar-refractivity contribution in [3.05, 3.63) is 17.0 Å². The third kappa shape index (κ3) is 3.95.